The topological polar surface area (TPSA) is 32.3 Å². The number of nitrogens with zero attached hydrogens (tertiary/aromatic N) is 1. The Morgan fingerprint density at radius 3 is 2.61 bits per heavy atom. The predicted molar refractivity (Wildman–Crippen MR) is 76.8 cm³/mol. The van der Waals surface area contributed by atoms with Crippen LogP contribution >= 0.6 is 23.2 Å². The van der Waals surface area contributed by atoms with E-state index in [-0.39, 0.29) is 5.91 Å². The third kappa shape index (κ3) is 2.73. The Morgan fingerprint density at radius 2 is 1.94 bits per heavy atom. The van der Waals surface area contributed by atoms with Crippen molar-refractivity contribution in [3.8, 4) is 0 Å². The number of benzene rings is 1. The van der Waals surface area contributed by atoms with Crippen molar-refractivity contribution in [3.05, 3.63) is 22.2 Å². The number of hydrogen-bond acceptors (Lipinski definition) is 2. The second kappa shape index (κ2) is 5.37. The van der Waals surface area contributed by atoms with Gasteiger partial charge >= 0.3 is 0 Å². The Morgan fingerprint density at radius 1 is 1.28 bits per heavy atom. The molecule has 1 aromatic carbocycles. The standard InChI is InChI=1S/C13H16Cl2N2O/c1-8(2)17-5-3-4-13(18)16-11-6-9(14)10(15)7-12(11)17/h6-8H,3-5H2,1-2H3,(H,16,18). The Bertz CT molecular complexity index is 474. The van der Waals surface area contributed by atoms with E-state index in [4.69, 9.17) is 23.2 Å². The van der Waals surface area contributed by atoms with Gasteiger partial charge in [0.05, 0.1) is 21.4 Å². The first-order valence-corrected chi connectivity index (χ1v) is 6.80. The number of amides is 1. The number of fused-ring (bicyclic) bond motifs is 1. The van der Waals surface area contributed by atoms with Crippen molar-refractivity contribution >= 4 is 40.5 Å². The smallest absolute Gasteiger partial charge is 0.224 e. The molecule has 1 aromatic rings. The number of carbonyl (C=O) groups is 1. The van der Waals surface area contributed by atoms with E-state index in [0.717, 1.165) is 24.3 Å². The normalized spacial score (nSPS) is 16.1. The van der Waals surface area contributed by atoms with Crippen LogP contribution < -0.4 is 10.2 Å². The lowest BCUT2D eigenvalue weighted by Crippen LogP contribution is -2.34. The van der Waals surface area contributed by atoms with Gasteiger partial charge < -0.3 is 10.2 Å². The molecule has 1 heterocycles. The first-order valence-electron chi connectivity index (χ1n) is 6.04. The second-order valence-corrected chi connectivity index (χ2v) is 5.54. The van der Waals surface area contributed by atoms with Crippen molar-refractivity contribution in [1.29, 1.82) is 0 Å². The number of halogens is 2. The van der Waals surface area contributed by atoms with Gasteiger partial charge in [-0.05, 0) is 32.4 Å². The quantitative estimate of drug-likeness (QED) is 0.848. The maximum absolute atomic E-state index is 11.7. The fourth-order valence-electron chi connectivity index (χ4n) is 2.15. The van der Waals surface area contributed by atoms with Crippen LogP contribution in [0.25, 0.3) is 0 Å². The zero-order chi connectivity index (χ0) is 13.3. The van der Waals surface area contributed by atoms with E-state index in [1.165, 1.54) is 0 Å². The minimum atomic E-state index is 0.0260. The van der Waals surface area contributed by atoms with E-state index in [2.05, 4.69) is 24.1 Å². The lowest BCUT2D eigenvalue weighted by molar-refractivity contribution is -0.116. The monoisotopic (exact) mass is 286 g/mol. The van der Waals surface area contributed by atoms with E-state index in [1.54, 1.807) is 6.07 Å². The molecular formula is C13H16Cl2N2O. The summed E-state index contributed by atoms with van der Waals surface area (Å²) in [7, 11) is 0. The first-order chi connectivity index (χ1) is 8.49. The van der Waals surface area contributed by atoms with Gasteiger partial charge in [-0.2, -0.15) is 0 Å². The number of carbonyl (C=O) groups excluding carboxylic acids is 1. The Balaban J connectivity index is 2.51. The van der Waals surface area contributed by atoms with Gasteiger partial charge in [0.2, 0.25) is 5.91 Å². The highest BCUT2D eigenvalue weighted by Gasteiger charge is 2.20. The summed E-state index contributed by atoms with van der Waals surface area (Å²) in [5.74, 6) is 0.0260. The molecule has 98 valence electrons. The fourth-order valence-corrected chi connectivity index (χ4v) is 2.48. The molecule has 0 atom stereocenters. The Hall–Kier alpha value is -0.930. The van der Waals surface area contributed by atoms with Crippen LogP contribution in [0.5, 0.6) is 0 Å². The predicted octanol–water partition coefficient (Wildman–Crippen LogP) is 3.94. The molecule has 1 aliphatic rings. The number of anilines is 2. The molecule has 0 radical (unpaired) electrons. The molecule has 1 N–H and O–H groups in total. The molecule has 18 heavy (non-hydrogen) atoms. The van der Waals surface area contributed by atoms with Crippen LogP contribution in [-0.2, 0) is 4.79 Å². The van der Waals surface area contributed by atoms with Gasteiger partial charge in [0, 0.05) is 19.0 Å². The lowest BCUT2D eigenvalue weighted by atomic mass is 10.1. The third-order valence-electron chi connectivity index (χ3n) is 3.05. The van der Waals surface area contributed by atoms with Gasteiger partial charge in [-0.25, -0.2) is 0 Å². The minimum absolute atomic E-state index is 0.0260. The van der Waals surface area contributed by atoms with Crippen molar-refractivity contribution in [2.24, 2.45) is 0 Å². The molecule has 0 aromatic heterocycles. The molecule has 0 saturated heterocycles. The summed E-state index contributed by atoms with van der Waals surface area (Å²) in [4.78, 5) is 13.9. The Labute approximate surface area is 117 Å². The number of rotatable bonds is 1. The van der Waals surface area contributed by atoms with Crippen LogP contribution in [0, 0.1) is 0 Å². The molecule has 0 bridgehead atoms. The van der Waals surface area contributed by atoms with Gasteiger partial charge in [0.15, 0.2) is 0 Å². The van der Waals surface area contributed by atoms with E-state index in [1.807, 2.05) is 6.07 Å². The van der Waals surface area contributed by atoms with Crippen molar-refractivity contribution in [2.75, 3.05) is 16.8 Å². The van der Waals surface area contributed by atoms with E-state index < -0.39 is 0 Å². The summed E-state index contributed by atoms with van der Waals surface area (Å²) in [6, 6.07) is 3.89. The minimum Gasteiger partial charge on any atom is -0.367 e. The molecule has 0 aliphatic carbocycles. The van der Waals surface area contributed by atoms with Gasteiger partial charge in [-0.15, -0.1) is 0 Å². The molecule has 3 nitrogen and oxygen atoms in total. The summed E-state index contributed by atoms with van der Waals surface area (Å²) in [5, 5.41) is 3.86. The van der Waals surface area contributed by atoms with Crippen LogP contribution in [0.15, 0.2) is 12.1 Å². The molecule has 2 rings (SSSR count). The first kappa shape index (κ1) is 13.5. The summed E-state index contributed by atoms with van der Waals surface area (Å²) in [6.45, 7) is 5.08. The molecule has 0 unspecified atom stereocenters. The zero-order valence-electron chi connectivity index (χ0n) is 10.5. The van der Waals surface area contributed by atoms with Crippen molar-refractivity contribution < 1.29 is 4.79 Å². The van der Waals surface area contributed by atoms with Crippen LogP contribution in [0.4, 0.5) is 11.4 Å². The van der Waals surface area contributed by atoms with E-state index >= 15 is 0 Å². The average molecular weight is 287 g/mol. The van der Waals surface area contributed by atoms with Crippen molar-refractivity contribution in [2.45, 2.75) is 32.7 Å². The van der Waals surface area contributed by atoms with Crippen molar-refractivity contribution in [1.82, 2.24) is 0 Å². The zero-order valence-corrected chi connectivity index (χ0v) is 12.0. The van der Waals surface area contributed by atoms with Gasteiger partial charge in [-0.1, -0.05) is 23.2 Å². The number of hydrogen-bond donors (Lipinski definition) is 1. The van der Waals surface area contributed by atoms with Gasteiger partial charge in [-0.3, -0.25) is 4.79 Å². The summed E-state index contributed by atoms with van der Waals surface area (Å²) in [5.41, 5.74) is 1.68. The maximum Gasteiger partial charge on any atom is 0.224 e. The van der Waals surface area contributed by atoms with Crippen molar-refractivity contribution in [3.63, 3.8) is 0 Å². The highest BCUT2D eigenvalue weighted by molar-refractivity contribution is 6.42. The van der Waals surface area contributed by atoms with E-state index in [0.29, 0.717) is 22.5 Å². The molecule has 0 spiro atoms. The van der Waals surface area contributed by atoms with Gasteiger partial charge in [0.25, 0.3) is 0 Å². The second-order valence-electron chi connectivity index (χ2n) is 4.72. The fraction of sp³-hybridized carbons (Fsp3) is 0.462. The largest absolute Gasteiger partial charge is 0.367 e. The lowest BCUT2D eigenvalue weighted by Gasteiger charge is -2.32. The average Bonchev–Trinajstić information content (AvgIpc) is 2.27. The van der Waals surface area contributed by atoms with Crippen LogP contribution in [0.2, 0.25) is 10.0 Å². The molecule has 0 fully saturated rings. The van der Waals surface area contributed by atoms with Crippen LogP contribution in [-0.4, -0.2) is 18.5 Å². The van der Waals surface area contributed by atoms with Crippen LogP contribution in [0.3, 0.4) is 0 Å². The highest BCUT2D eigenvalue weighted by atomic mass is 35.5. The summed E-state index contributed by atoms with van der Waals surface area (Å²) < 4.78 is 0. The summed E-state index contributed by atoms with van der Waals surface area (Å²) >= 11 is 12.1. The maximum atomic E-state index is 11.7. The molecule has 5 heteroatoms. The van der Waals surface area contributed by atoms with Gasteiger partial charge in [0.1, 0.15) is 0 Å². The number of nitrogens with one attached hydrogen (secondary N) is 1. The molecular weight excluding hydrogens is 271 g/mol. The SMILES string of the molecule is CC(C)N1CCCC(=O)Nc2cc(Cl)c(Cl)cc21. The summed E-state index contributed by atoms with van der Waals surface area (Å²) in [6.07, 6.45) is 1.37. The third-order valence-corrected chi connectivity index (χ3v) is 3.77. The molecule has 0 saturated carbocycles. The van der Waals surface area contributed by atoms with E-state index in [9.17, 15) is 4.79 Å². The highest BCUT2D eigenvalue weighted by Crippen LogP contribution is 2.36. The molecule has 1 aliphatic heterocycles. The van der Waals surface area contributed by atoms with Crippen LogP contribution in [0.1, 0.15) is 26.7 Å². The Kier molecular flexibility index (Phi) is 4.03. The molecule has 1 amide bonds.